The number of hydrogen-bond donors (Lipinski definition) is 2. The highest BCUT2D eigenvalue weighted by molar-refractivity contribution is 5.46. The molecule has 1 aromatic carbocycles. The average molecular weight is 288 g/mol. The van der Waals surface area contributed by atoms with Crippen LogP contribution in [0.2, 0.25) is 0 Å². The van der Waals surface area contributed by atoms with Gasteiger partial charge in [-0.2, -0.15) is 0 Å². The molecule has 0 radical (unpaired) electrons. The Balaban J connectivity index is 1.81. The summed E-state index contributed by atoms with van der Waals surface area (Å²) in [7, 11) is 0. The van der Waals surface area contributed by atoms with Crippen molar-refractivity contribution in [2.75, 3.05) is 24.6 Å². The van der Waals surface area contributed by atoms with Gasteiger partial charge < -0.3 is 15.0 Å². The fraction of sp³-hybridized carbons (Fsp3) is 0.412. The second-order valence-electron chi connectivity index (χ2n) is 5.65. The molecule has 3 nitrogen and oxygen atoms in total. The Labute approximate surface area is 124 Å². The molecule has 0 amide bonds. The first-order valence-corrected chi connectivity index (χ1v) is 7.57. The van der Waals surface area contributed by atoms with E-state index in [2.05, 4.69) is 16.0 Å². The van der Waals surface area contributed by atoms with Gasteiger partial charge in [-0.15, -0.1) is 0 Å². The van der Waals surface area contributed by atoms with Gasteiger partial charge in [-0.05, 0) is 48.6 Å². The van der Waals surface area contributed by atoms with E-state index in [-0.39, 0.29) is 18.3 Å². The van der Waals surface area contributed by atoms with Crippen LogP contribution in [0.5, 0.6) is 0 Å². The van der Waals surface area contributed by atoms with E-state index in [1.807, 2.05) is 6.20 Å². The molecule has 1 unspecified atom stereocenters. The number of aliphatic hydroxyl groups excluding tert-OH is 1. The number of rotatable bonds is 4. The first-order chi connectivity index (χ1) is 10.3. The third-order valence-electron chi connectivity index (χ3n) is 4.24. The van der Waals surface area contributed by atoms with Crippen molar-refractivity contribution in [2.24, 2.45) is 0 Å². The Hall–Kier alpha value is -1.81. The molecule has 0 aliphatic carbocycles. The molecule has 2 N–H and O–H groups in total. The van der Waals surface area contributed by atoms with E-state index in [1.165, 1.54) is 31.4 Å². The van der Waals surface area contributed by atoms with Crippen molar-refractivity contribution in [3.05, 3.63) is 53.5 Å². The molecule has 2 aromatic rings. The Kier molecular flexibility index (Phi) is 4.25. The van der Waals surface area contributed by atoms with Crippen LogP contribution < -0.4 is 4.90 Å². The monoisotopic (exact) mass is 288 g/mol. The zero-order valence-corrected chi connectivity index (χ0v) is 12.1. The van der Waals surface area contributed by atoms with Gasteiger partial charge >= 0.3 is 0 Å². The second-order valence-corrected chi connectivity index (χ2v) is 5.65. The summed E-state index contributed by atoms with van der Waals surface area (Å²) in [5.74, 6) is 0.754. The lowest BCUT2D eigenvalue weighted by molar-refractivity contribution is 0.280. The van der Waals surface area contributed by atoms with Gasteiger partial charge in [-0.25, -0.2) is 4.39 Å². The zero-order valence-electron chi connectivity index (χ0n) is 12.1. The molecular formula is C17H21FN2O. The highest BCUT2D eigenvalue weighted by atomic mass is 19.1. The average Bonchev–Trinajstić information content (AvgIpc) is 3.00. The zero-order chi connectivity index (χ0) is 14.7. The van der Waals surface area contributed by atoms with Crippen molar-refractivity contribution < 1.29 is 9.50 Å². The summed E-state index contributed by atoms with van der Waals surface area (Å²) < 4.78 is 13.0. The summed E-state index contributed by atoms with van der Waals surface area (Å²) in [5, 5.41) is 9.70. The van der Waals surface area contributed by atoms with Crippen molar-refractivity contribution in [3.8, 4) is 0 Å². The maximum atomic E-state index is 13.0. The van der Waals surface area contributed by atoms with Gasteiger partial charge in [0.25, 0.3) is 0 Å². The third-order valence-corrected chi connectivity index (χ3v) is 4.24. The summed E-state index contributed by atoms with van der Waals surface area (Å²) in [4.78, 5) is 5.67. The highest BCUT2D eigenvalue weighted by Crippen LogP contribution is 2.28. The van der Waals surface area contributed by atoms with Gasteiger partial charge in [0, 0.05) is 25.2 Å². The van der Waals surface area contributed by atoms with Crippen LogP contribution in [0, 0.1) is 5.82 Å². The molecule has 2 heterocycles. The van der Waals surface area contributed by atoms with Crippen LogP contribution in [0.25, 0.3) is 0 Å². The van der Waals surface area contributed by atoms with Crippen molar-refractivity contribution in [3.63, 3.8) is 0 Å². The van der Waals surface area contributed by atoms with Gasteiger partial charge in [-0.3, -0.25) is 0 Å². The summed E-state index contributed by atoms with van der Waals surface area (Å²) in [6.07, 6.45) is 5.72. The SMILES string of the molecule is OCC(c1ccc(F)cc1)c1c[nH]c(N2CCCCC2)c1. The molecule has 112 valence electrons. The smallest absolute Gasteiger partial charge is 0.123 e. The number of piperidine rings is 1. The van der Waals surface area contributed by atoms with E-state index in [9.17, 15) is 9.50 Å². The molecule has 1 aliphatic rings. The maximum Gasteiger partial charge on any atom is 0.123 e. The predicted octanol–water partition coefficient (Wildman–Crippen LogP) is 3.27. The second kappa shape index (κ2) is 6.31. The van der Waals surface area contributed by atoms with E-state index in [0.717, 1.165) is 30.0 Å². The summed E-state index contributed by atoms with van der Waals surface area (Å²) in [5.41, 5.74) is 1.98. The Morgan fingerprint density at radius 2 is 1.81 bits per heavy atom. The molecule has 0 spiro atoms. The number of hydrogen-bond acceptors (Lipinski definition) is 2. The lowest BCUT2D eigenvalue weighted by Gasteiger charge is -2.27. The molecule has 0 saturated carbocycles. The Bertz CT molecular complexity index is 573. The molecule has 1 aromatic heterocycles. The molecule has 21 heavy (non-hydrogen) atoms. The number of halogens is 1. The lowest BCUT2D eigenvalue weighted by Crippen LogP contribution is -2.29. The van der Waals surface area contributed by atoms with Crippen LogP contribution in [0.3, 0.4) is 0 Å². The molecule has 1 atom stereocenters. The van der Waals surface area contributed by atoms with E-state index in [4.69, 9.17) is 0 Å². The maximum absolute atomic E-state index is 13.0. The molecule has 0 bridgehead atoms. The fourth-order valence-electron chi connectivity index (χ4n) is 3.02. The molecule has 1 aliphatic heterocycles. The molecule has 3 rings (SSSR count). The first-order valence-electron chi connectivity index (χ1n) is 7.57. The quantitative estimate of drug-likeness (QED) is 0.906. The first kappa shape index (κ1) is 14.1. The van der Waals surface area contributed by atoms with Gasteiger partial charge in [-0.1, -0.05) is 12.1 Å². The highest BCUT2D eigenvalue weighted by Gasteiger charge is 2.18. The summed E-state index contributed by atoms with van der Waals surface area (Å²) in [6.45, 7) is 2.18. The largest absolute Gasteiger partial charge is 0.395 e. The van der Waals surface area contributed by atoms with Crippen molar-refractivity contribution in [1.82, 2.24) is 4.98 Å². The van der Waals surface area contributed by atoms with Crippen LogP contribution in [-0.4, -0.2) is 29.8 Å². The number of anilines is 1. The molecule has 4 heteroatoms. The third kappa shape index (κ3) is 3.10. The standard InChI is InChI=1S/C17H21FN2O/c18-15-6-4-13(5-7-15)16(12-21)14-10-17(19-11-14)20-8-2-1-3-9-20/h4-7,10-11,16,19,21H,1-3,8-9,12H2. The van der Waals surface area contributed by atoms with Crippen LogP contribution in [0.4, 0.5) is 10.2 Å². The van der Waals surface area contributed by atoms with E-state index < -0.39 is 0 Å². The van der Waals surface area contributed by atoms with Crippen LogP contribution in [0.15, 0.2) is 36.5 Å². The fourth-order valence-corrected chi connectivity index (χ4v) is 3.02. The summed E-state index contributed by atoms with van der Waals surface area (Å²) >= 11 is 0. The normalized spacial score (nSPS) is 17.0. The molecule has 1 fully saturated rings. The van der Waals surface area contributed by atoms with Crippen LogP contribution in [-0.2, 0) is 0 Å². The minimum absolute atomic E-state index is 0.0168. The van der Waals surface area contributed by atoms with Gasteiger partial charge in [0.15, 0.2) is 0 Å². The van der Waals surface area contributed by atoms with Gasteiger partial charge in [0.2, 0.25) is 0 Å². The number of nitrogens with zero attached hydrogens (tertiary/aromatic N) is 1. The lowest BCUT2D eigenvalue weighted by atomic mass is 9.94. The van der Waals surface area contributed by atoms with Crippen molar-refractivity contribution in [1.29, 1.82) is 0 Å². The van der Waals surface area contributed by atoms with E-state index in [0.29, 0.717) is 0 Å². The number of nitrogens with one attached hydrogen (secondary N) is 1. The number of aromatic amines is 1. The minimum atomic E-state index is -0.251. The molecule has 1 saturated heterocycles. The van der Waals surface area contributed by atoms with Crippen molar-refractivity contribution in [2.45, 2.75) is 25.2 Å². The Morgan fingerprint density at radius 3 is 2.48 bits per heavy atom. The van der Waals surface area contributed by atoms with Crippen molar-refractivity contribution >= 4 is 5.82 Å². The van der Waals surface area contributed by atoms with E-state index >= 15 is 0 Å². The predicted molar refractivity (Wildman–Crippen MR) is 82.2 cm³/mol. The van der Waals surface area contributed by atoms with Crippen LogP contribution in [0.1, 0.15) is 36.3 Å². The van der Waals surface area contributed by atoms with Crippen LogP contribution >= 0.6 is 0 Å². The van der Waals surface area contributed by atoms with Gasteiger partial charge in [0.05, 0.1) is 6.61 Å². The van der Waals surface area contributed by atoms with Gasteiger partial charge in [0.1, 0.15) is 11.6 Å². The number of aliphatic hydroxyl groups is 1. The summed E-state index contributed by atoms with van der Waals surface area (Å²) in [6, 6.07) is 8.47. The Morgan fingerprint density at radius 1 is 1.10 bits per heavy atom. The molecular weight excluding hydrogens is 267 g/mol. The number of H-pyrrole nitrogens is 1. The number of benzene rings is 1. The topological polar surface area (TPSA) is 39.3 Å². The minimum Gasteiger partial charge on any atom is -0.395 e. The number of aromatic nitrogens is 1. The van der Waals surface area contributed by atoms with E-state index in [1.54, 1.807) is 12.1 Å².